The number of likely N-dealkylation sites (tertiary alicyclic amines) is 2. The maximum Gasteiger partial charge on any atom is 0.407 e. The van der Waals surface area contributed by atoms with Crippen LogP contribution in [0.1, 0.15) is 69.7 Å². The highest BCUT2D eigenvalue weighted by molar-refractivity contribution is 5.91. The van der Waals surface area contributed by atoms with Gasteiger partial charge in [0.25, 0.3) is 0 Å². The molecule has 2 aliphatic heterocycles. The van der Waals surface area contributed by atoms with Crippen molar-refractivity contribution in [2.75, 3.05) is 33.9 Å². The number of aromatic nitrogens is 4. The van der Waals surface area contributed by atoms with E-state index in [2.05, 4.69) is 105 Å². The number of imidazole rings is 2. The molecule has 1 saturated carbocycles. The van der Waals surface area contributed by atoms with Crippen molar-refractivity contribution in [3.8, 4) is 33.6 Å². The summed E-state index contributed by atoms with van der Waals surface area (Å²) in [7, 11) is 2.59. The second-order valence-corrected chi connectivity index (χ2v) is 16.1. The topological polar surface area (TPSA) is 175 Å². The molecular formula is C44H50N8O6. The quantitative estimate of drug-likeness (QED) is 0.117. The van der Waals surface area contributed by atoms with Gasteiger partial charge in [0.2, 0.25) is 11.8 Å². The maximum absolute atomic E-state index is 13.9. The van der Waals surface area contributed by atoms with Crippen LogP contribution in [-0.2, 0) is 19.1 Å². The van der Waals surface area contributed by atoms with Crippen molar-refractivity contribution in [2.45, 2.75) is 64.1 Å². The van der Waals surface area contributed by atoms with Crippen molar-refractivity contribution in [2.24, 2.45) is 17.8 Å². The van der Waals surface area contributed by atoms with Gasteiger partial charge in [0, 0.05) is 18.7 Å². The minimum Gasteiger partial charge on any atom is -0.453 e. The highest BCUT2D eigenvalue weighted by Gasteiger charge is 2.43. The van der Waals surface area contributed by atoms with Gasteiger partial charge in [-0.3, -0.25) is 9.59 Å². The number of nitrogens with zero attached hydrogens (tertiary/aromatic N) is 4. The summed E-state index contributed by atoms with van der Waals surface area (Å²) in [4.78, 5) is 70.6. The molecule has 0 unspecified atom stereocenters. The number of hydrogen-bond donors (Lipinski definition) is 4. The third-order valence-electron chi connectivity index (χ3n) is 12.0. The first-order chi connectivity index (χ1) is 28.1. The molecule has 4 N–H and O–H groups in total. The Morgan fingerprint density at radius 2 is 1.26 bits per heavy atom. The minimum absolute atomic E-state index is 0.0715. The third-order valence-corrected chi connectivity index (χ3v) is 12.0. The molecule has 4 heterocycles. The van der Waals surface area contributed by atoms with E-state index >= 15 is 0 Å². The Morgan fingerprint density at radius 3 is 1.86 bits per heavy atom. The van der Waals surface area contributed by atoms with Crippen LogP contribution in [0.5, 0.6) is 0 Å². The summed E-state index contributed by atoms with van der Waals surface area (Å²) in [5.74, 6) is 1.95. The van der Waals surface area contributed by atoms with E-state index in [1.54, 1.807) is 11.1 Å². The van der Waals surface area contributed by atoms with Crippen LogP contribution in [0.25, 0.3) is 44.4 Å². The highest BCUT2D eigenvalue weighted by Crippen LogP contribution is 2.39. The summed E-state index contributed by atoms with van der Waals surface area (Å²) in [6.07, 6.45) is 6.88. The molecule has 8 rings (SSSR count). The molecule has 2 saturated heterocycles. The number of rotatable bonds is 10. The zero-order chi connectivity index (χ0) is 40.5. The Labute approximate surface area is 337 Å². The van der Waals surface area contributed by atoms with Gasteiger partial charge in [0.1, 0.15) is 24.2 Å². The summed E-state index contributed by atoms with van der Waals surface area (Å²) in [6.45, 7) is 5.32. The van der Waals surface area contributed by atoms with E-state index < -0.39 is 18.2 Å². The first-order valence-electron chi connectivity index (χ1n) is 20.1. The number of amides is 4. The van der Waals surface area contributed by atoms with Gasteiger partial charge in [-0.05, 0) is 83.0 Å². The molecular weight excluding hydrogens is 737 g/mol. The third kappa shape index (κ3) is 7.87. The van der Waals surface area contributed by atoms with Crippen molar-refractivity contribution >= 4 is 34.8 Å². The molecule has 0 bridgehead atoms. The number of aromatic amines is 2. The molecule has 14 nitrogen and oxygen atoms in total. The molecule has 302 valence electrons. The molecule has 3 aromatic carbocycles. The predicted octanol–water partition coefficient (Wildman–Crippen LogP) is 6.99. The van der Waals surface area contributed by atoms with Crippen molar-refractivity contribution in [1.82, 2.24) is 40.4 Å². The summed E-state index contributed by atoms with van der Waals surface area (Å²) in [5.41, 5.74) is 5.91. The molecule has 3 fully saturated rings. The fourth-order valence-electron chi connectivity index (χ4n) is 8.71. The second kappa shape index (κ2) is 16.4. The smallest absolute Gasteiger partial charge is 0.407 e. The number of carbonyl (C=O) groups excluding carboxylic acids is 4. The Morgan fingerprint density at radius 1 is 0.724 bits per heavy atom. The maximum atomic E-state index is 13.9. The lowest BCUT2D eigenvalue weighted by Gasteiger charge is -2.36. The molecule has 0 spiro atoms. The van der Waals surface area contributed by atoms with Crippen LogP contribution in [0, 0.1) is 17.8 Å². The number of alkyl carbamates (subject to hydrolysis) is 2. The van der Waals surface area contributed by atoms with Gasteiger partial charge in [-0.1, -0.05) is 68.8 Å². The Hall–Kier alpha value is -6.18. The number of carbonyl (C=O) groups is 4. The lowest BCUT2D eigenvalue weighted by Crippen LogP contribution is -2.53. The first kappa shape index (κ1) is 38.7. The molecule has 3 aliphatic rings. The van der Waals surface area contributed by atoms with Gasteiger partial charge in [-0.25, -0.2) is 19.6 Å². The number of H-pyrrole nitrogens is 2. The van der Waals surface area contributed by atoms with Crippen LogP contribution >= 0.6 is 0 Å². The Bertz CT molecular complexity index is 2320. The number of fused-ring (bicyclic) bond motifs is 1. The van der Waals surface area contributed by atoms with Crippen LogP contribution < -0.4 is 10.6 Å². The fraction of sp³-hybridized carbons (Fsp3) is 0.409. The van der Waals surface area contributed by atoms with Gasteiger partial charge in [0.05, 0.1) is 50.1 Å². The molecule has 58 heavy (non-hydrogen) atoms. The van der Waals surface area contributed by atoms with Crippen LogP contribution in [0.2, 0.25) is 0 Å². The normalized spacial score (nSPS) is 21.1. The molecule has 5 aromatic rings. The monoisotopic (exact) mass is 786 g/mol. The number of methoxy groups -OCH3 is 2. The molecule has 5 atom stereocenters. The fourth-order valence-corrected chi connectivity index (χ4v) is 8.71. The van der Waals surface area contributed by atoms with E-state index in [0.29, 0.717) is 24.9 Å². The SMILES string of the molecule is COC(=O)NCC(=O)N1C[C@@H](C)C[C@H]1c1ncc(-c2ccc(-c3ccc4cc(-c5cnc([C@@H]6C[C@H](C)CN6C(=O)[C@@H](NC(=O)OC)C6CCC6)[nH]5)ccc4c3)cc2)[nH]1. The molecule has 4 amide bonds. The van der Waals surface area contributed by atoms with Crippen LogP contribution in [0.15, 0.2) is 73.1 Å². The van der Waals surface area contributed by atoms with Crippen LogP contribution in [0.4, 0.5) is 9.59 Å². The van der Waals surface area contributed by atoms with Gasteiger partial charge in [0.15, 0.2) is 0 Å². The lowest BCUT2D eigenvalue weighted by atomic mass is 9.79. The predicted molar refractivity (Wildman–Crippen MR) is 218 cm³/mol. The first-order valence-corrected chi connectivity index (χ1v) is 20.1. The summed E-state index contributed by atoms with van der Waals surface area (Å²) < 4.78 is 9.46. The molecule has 1 aliphatic carbocycles. The van der Waals surface area contributed by atoms with E-state index in [9.17, 15) is 19.2 Å². The lowest BCUT2D eigenvalue weighted by molar-refractivity contribution is -0.137. The van der Waals surface area contributed by atoms with Crippen LogP contribution in [0.3, 0.4) is 0 Å². The van der Waals surface area contributed by atoms with Crippen molar-refractivity contribution in [1.29, 1.82) is 0 Å². The Kier molecular flexibility index (Phi) is 10.9. The zero-order valence-electron chi connectivity index (χ0n) is 33.3. The van der Waals surface area contributed by atoms with Gasteiger partial charge in [-0.15, -0.1) is 0 Å². The summed E-state index contributed by atoms with van der Waals surface area (Å²) in [5, 5.41) is 7.50. The van der Waals surface area contributed by atoms with E-state index in [0.717, 1.165) is 88.2 Å². The van der Waals surface area contributed by atoms with Gasteiger partial charge >= 0.3 is 12.2 Å². The second-order valence-electron chi connectivity index (χ2n) is 16.1. The number of benzene rings is 3. The zero-order valence-corrected chi connectivity index (χ0v) is 33.3. The van der Waals surface area contributed by atoms with E-state index in [1.807, 2.05) is 11.1 Å². The van der Waals surface area contributed by atoms with Crippen molar-refractivity contribution < 1.29 is 28.7 Å². The molecule has 2 aromatic heterocycles. The average Bonchev–Trinajstić information content (AvgIpc) is 4.05. The molecule has 14 heteroatoms. The van der Waals surface area contributed by atoms with Crippen molar-refractivity contribution in [3.63, 3.8) is 0 Å². The Balaban J connectivity index is 0.944. The minimum atomic E-state index is -0.636. The van der Waals surface area contributed by atoms with Crippen LogP contribution in [-0.4, -0.2) is 93.6 Å². The number of nitrogens with one attached hydrogen (secondary N) is 4. The van der Waals surface area contributed by atoms with Gasteiger partial charge in [-0.2, -0.15) is 0 Å². The van der Waals surface area contributed by atoms with Gasteiger partial charge < -0.3 is 39.9 Å². The number of hydrogen-bond acceptors (Lipinski definition) is 8. The number of ether oxygens (including phenoxy) is 2. The molecule has 0 radical (unpaired) electrons. The summed E-state index contributed by atoms with van der Waals surface area (Å²) >= 11 is 0. The average molecular weight is 787 g/mol. The summed E-state index contributed by atoms with van der Waals surface area (Å²) in [6, 6.07) is 20.1. The highest BCUT2D eigenvalue weighted by atomic mass is 16.5. The van der Waals surface area contributed by atoms with Crippen molar-refractivity contribution in [3.05, 3.63) is 84.7 Å². The standard InChI is InChI=1S/C44H50N8O6/c1-25-16-36(51(23-25)38(53)22-47-43(55)57-3)40-45-20-34(48-40)28-10-8-27(9-11-28)30-12-13-32-19-33(15-14-31(32)18-30)35-21-46-41(49-35)37-17-26(2)24-52(37)42(54)39(29-6-5-7-29)50-44(56)58-4/h8-15,18-21,25-26,29,36-37,39H,5-7,16-17,22-24H2,1-4H3,(H,45,48)(H,46,49)(H,47,55)(H,50,56)/t25-,26-,36-,37-,39-/m0/s1. The van der Waals surface area contributed by atoms with E-state index in [1.165, 1.54) is 14.2 Å². The van der Waals surface area contributed by atoms with E-state index in [-0.39, 0.29) is 36.4 Å². The largest absolute Gasteiger partial charge is 0.453 e. The van der Waals surface area contributed by atoms with E-state index in [4.69, 9.17) is 9.72 Å².